The van der Waals surface area contributed by atoms with Gasteiger partial charge in [0, 0.05) is 10.6 Å². The van der Waals surface area contributed by atoms with Gasteiger partial charge in [0.2, 0.25) is 0 Å². The van der Waals surface area contributed by atoms with Crippen molar-refractivity contribution >= 4 is 63.1 Å². The Labute approximate surface area is 164 Å². The van der Waals surface area contributed by atoms with Crippen molar-refractivity contribution in [3.8, 4) is 0 Å². The normalized spacial score (nSPS) is 15.1. The van der Waals surface area contributed by atoms with Crippen LogP contribution < -0.4 is 20.4 Å². The van der Waals surface area contributed by atoms with Gasteiger partial charge in [-0.1, -0.05) is 60.7 Å². The zero-order valence-corrected chi connectivity index (χ0v) is 16.3. The molecular weight excluding hydrogens is 366 g/mol. The first-order valence-corrected chi connectivity index (χ1v) is 9.88. The van der Waals surface area contributed by atoms with Crippen LogP contribution >= 0.6 is 14.7 Å². The fraction of sp³-hybridized carbons (Fsp3) is 0.143. The molecule has 0 bridgehead atoms. The van der Waals surface area contributed by atoms with E-state index in [4.69, 9.17) is 10.2 Å². The Morgan fingerprint density at radius 3 is 1.17 bits per heavy atom. The van der Waals surface area contributed by atoms with Gasteiger partial charge in [-0.25, -0.2) is 0 Å². The molecule has 0 radical (unpaired) electrons. The molecule has 0 spiro atoms. The molecule has 0 saturated carbocycles. The van der Waals surface area contributed by atoms with Crippen LogP contribution in [0, 0.1) is 0 Å². The number of benzene rings is 2. The van der Waals surface area contributed by atoms with E-state index in [1.54, 1.807) is 36.4 Å². The van der Waals surface area contributed by atoms with Gasteiger partial charge in [0.05, 0.1) is 27.4 Å². The second-order valence-corrected chi connectivity index (χ2v) is 8.59. The first-order valence-electron chi connectivity index (χ1n) is 6.26. The maximum absolute atomic E-state index is 11.0. The van der Waals surface area contributed by atoms with Crippen molar-refractivity contribution in [1.29, 1.82) is 0 Å². The summed E-state index contributed by atoms with van der Waals surface area (Å²) in [6.07, 6.45) is -1.62. The standard InChI is InChI=1S/2C7H9O3P.Ca/c2*8-6-11(9,10)7-4-2-1-3-5-7;/h2*1-5,8H,6H2,(H,9,10);/q;;+2/p-2. The van der Waals surface area contributed by atoms with Crippen LogP contribution in [-0.4, -0.2) is 60.6 Å². The second-order valence-electron chi connectivity index (χ2n) is 4.30. The van der Waals surface area contributed by atoms with Crippen molar-refractivity contribution in [3.05, 3.63) is 60.7 Å². The fourth-order valence-corrected chi connectivity index (χ4v) is 3.05. The van der Waals surface area contributed by atoms with Crippen molar-refractivity contribution in [1.82, 2.24) is 0 Å². The Morgan fingerprint density at radius 1 is 0.696 bits per heavy atom. The predicted molar refractivity (Wildman–Crippen MR) is 87.3 cm³/mol. The third kappa shape index (κ3) is 7.61. The zero-order valence-electron chi connectivity index (χ0n) is 12.3. The molecule has 0 fully saturated rings. The SMILES string of the molecule is O=P([O-])(CO)c1ccccc1.O=P([O-])(CO)c1ccccc1.[Ca+2]. The van der Waals surface area contributed by atoms with E-state index in [-0.39, 0.29) is 48.3 Å². The van der Waals surface area contributed by atoms with Crippen LogP contribution in [0.5, 0.6) is 0 Å². The third-order valence-electron chi connectivity index (χ3n) is 2.67. The molecule has 2 aromatic rings. The number of aliphatic hydroxyl groups excluding tert-OH is 2. The molecule has 2 unspecified atom stereocenters. The van der Waals surface area contributed by atoms with E-state index >= 15 is 0 Å². The Kier molecular flexibility index (Phi) is 10.8. The second kappa shape index (κ2) is 10.8. The van der Waals surface area contributed by atoms with Gasteiger partial charge in [0.25, 0.3) is 0 Å². The molecule has 6 nitrogen and oxygen atoms in total. The van der Waals surface area contributed by atoms with Gasteiger partial charge in [0.1, 0.15) is 0 Å². The van der Waals surface area contributed by atoms with E-state index in [2.05, 4.69) is 0 Å². The van der Waals surface area contributed by atoms with Gasteiger partial charge in [-0.2, -0.15) is 0 Å². The quantitative estimate of drug-likeness (QED) is 0.539. The Balaban J connectivity index is 0.000000403. The number of rotatable bonds is 4. The Hall–Kier alpha value is -0.000260. The monoisotopic (exact) mass is 382 g/mol. The molecule has 0 aromatic heterocycles. The molecule has 0 amide bonds. The minimum Gasteiger partial charge on any atom is -0.794 e. The predicted octanol–water partition coefficient (Wildman–Crippen LogP) is -0.581. The molecule has 9 heteroatoms. The van der Waals surface area contributed by atoms with Gasteiger partial charge in [0.15, 0.2) is 0 Å². The summed E-state index contributed by atoms with van der Waals surface area (Å²) in [7, 11) is -7.44. The van der Waals surface area contributed by atoms with Gasteiger partial charge in [-0.05, 0) is 0 Å². The van der Waals surface area contributed by atoms with Crippen LogP contribution in [0.4, 0.5) is 0 Å². The van der Waals surface area contributed by atoms with Crippen molar-refractivity contribution in [2.45, 2.75) is 0 Å². The van der Waals surface area contributed by atoms with Crippen molar-refractivity contribution in [3.63, 3.8) is 0 Å². The number of hydrogen-bond donors (Lipinski definition) is 2. The Morgan fingerprint density at radius 2 is 0.957 bits per heavy atom. The van der Waals surface area contributed by atoms with E-state index in [0.717, 1.165) is 0 Å². The first kappa shape index (κ1) is 23.0. The molecule has 120 valence electrons. The van der Waals surface area contributed by atoms with Crippen LogP contribution in [0.3, 0.4) is 0 Å². The van der Waals surface area contributed by atoms with E-state index in [9.17, 15) is 18.9 Å². The summed E-state index contributed by atoms with van der Waals surface area (Å²) < 4.78 is 22.0. The molecule has 0 aliphatic carbocycles. The number of aliphatic hydroxyl groups is 2. The maximum Gasteiger partial charge on any atom is 2.00 e. The van der Waals surface area contributed by atoms with E-state index in [1.165, 1.54) is 24.3 Å². The smallest absolute Gasteiger partial charge is 0.794 e. The summed E-state index contributed by atoms with van der Waals surface area (Å²) in [5.74, 6) is 0. The average Bonchev–Trinajstić information content (AvgIpc) is 2.57. The summed E-state index contributed by atoms with van der Waals surface area (Å²) in [6, 6.07) is 15.8. The molecule has 0 heterocycles. The van der Waals surface area contributed by atoms with E-state index in [0.29, 0.717) is 0 Å². The third-order valence-corrected chi connectivity index (χ3v) is 5.59. The molecule has 2 N–H and O–H groups in total. The topological polar surface area (TPSA) is 121 Å². The summed E-state index contributed by atoms with van der Waals surface area (Å²) in [6.45, 7) is 0. The van der Waals surface area contributed by atoms with E-state index < -0.39 is 27.4 Å². The van der Waals surface area contributed by atoms with Gasteiger partial charge in [-0.3, -0.25) is 0 Å². The first-order chi connectivity index (χ1) is 10.3. The minimum absolute atomic E-state index is 0. The van der Waals surface area contributed by atoms with Crippen LogP contribution in [0.15, 0.2) is 60.7 Å². The molecule has 0 aliphatic heterocycles. The largest absolute Gasteiger partial charge is 2.00 e. The Bertz CT molecular complexity index is 606. The number of hydrogen-bond acceptors (Lipinski definition) is 6. The average molecular weight is 382 g/mol. The molecular formula is C14H16CaO6P2. The molecule has 2 rings (SSSR count). The minimum atomic E-state index is -3.72. The fourth-order valence-electron chi connectivity index (χ4n) is 1.47. The molecule has 0 saturated heterocycles. The molecule has 2 aromatic carbocycles. The van der Waals surface area contributed by atoms with Crippen LogP contribution in [-0.2, 0) is 9.13 Å². The molecule has 23 heavy (non-hydrogen) atoms. The summed E-state index contributed by atoms with van der Waals surface area (Å²) in [5.41, 5.74) is 0. The van der Waals surface area contributed by atoms with Crippen LogP contribution in [0.25, 0.3) is 0 Å². The van der Waals surface area contributed by atoms with Crippen LogP contribution in [0.1, 0.15) is 0 Å². The molecule has 0 aliphatic rings. The summed E-state index contributed by atoms with van der Waals surface area (Å²) in [5, 5.41) is 17.3. The summed E-state index contributed by atoms with van der Waals surface area (Å²) in [4.78, 5) is 22.0. The van der Waals surface area contributed by atoms with Crippen molar-refractivity contribution in [2.75, 3.05) is 12.7 Å². The van der Waals surface area contributed by atoms with Gasteiger partial charge >= 0.3 is 37.7 Å². The maximum atomic E-state index is 11.0. The van der Waals surface area contributed by atoms with E-state index in [1.807, 2.05) is 0 Å². The van der Waals surface area contributed by atoms with Gasteiger partial charge in [-0.15, -0.1) is 0 Å². The van der Waals surface area contributed by atoms with Gasteiger partial charge < -0.3 is 29.1 Å². The van der Waals surface area contributed by atoms with Crippen LogP contribution in [0.2, 0.25) is 0 Å². The van der Waals surface area contributed by atoms with Crippen molar-refractivity contribution in [2.24, 2.45) is 0 Å². The molecule has 2 atom stereocenters. The summed E-state index contributed by atoms with van der Waals surface area (Å²) >= 11 is 0. The van der Waals surface area contributed by atoms with Crippen molar-refractivity contribution < 1.29 is 29.1 Å². The zero-order chi connectivity index (χ0) is 16.6.